The molecule has 26 heavy (non-hydrogen) atoms. The van der Waals surface area contributed by atoms with Gasteiger partial charge in [-0.2, -0.15) is 0 Å². The van der Waals surface area contributed by atoms with Crippen molar-refractivity contribution in [3.8, 4) is 0 Å². The monoisotopic (exact) mass is 354 g/mol. The summed E-state index contributed by atoms with van der Waals surface area (Å²) in [5, 5.41) is 9.14. The summed E-state index contributed by atoms with van der Waals surface area (Å²) in [5.74, 6) is 1.57. The molecule has 0 heterocycles. The Hall–Kier alpha value is -1.64. The van der Waals surface area contributed by atoms with Crippen LogP contribution >= 0.6 is 0 Å². The number of fused-ring (bicyclic) bond motifs is 5. The highest BCUT2D eigenvalue weighted by Crippen LogP contribution is 2.66. The van der Waals surface area contributed by atoms with E-state index in [4.69, 9.17) is 5.11 Å². The molecule has 0 aromatic carbocycles. The molecule has 4 rings (SSSR count). The Morgan fingerprint density at radius 3 is 2.81 bits per heavy atom. The second-order valence-corrected chi connectivity index (χ2v) is 9.52. The van der Waals surface area contributed by atoms with Crippen LogP contribution in [0.25, 0.3) is 0 Å². The summed E-state index contributed by atoms with van der Waals surface area (Å²) in [6, 6.07) is 0. The van der Waals surface area contributed by atoms with Gasteiger partial charge in [-0.25, -0.2) is 0 Å². The fourth-order valence-electron chi connectivity index (χ4n) is 6.86. The molecule has 0 amide bonds. The largest absolute Gasteiger partial charge is 0.481 e. The van der Waals surface area contributed by atoms with Gasteiger partial charge in [0, 0.05) is 12.8 Å². The molecule has 4 aliphatic rings. The van der Waals surface area contributed by atoms with Crippen molar-refractivity contribution in [1.29, 1.82) is 0 Å². The van der Waals surface area contributed by atoms with Crippen LogP contribution in [0.2, 0.25) is 0 Å². The first-order chi connectivity index (χ1) is 12.3. The van der Waals surface area contributed by atoms with Gasteiger partial charge in [-0.15, -0.1) is 0 Å². The van der Waals surface area contributed by atoms with Crippen molar-refractivity contribution in [3.63, 3.8) is 0 Å². The van der Waals surface area contributed by atoms with Gasteiger partial charge < -0.3 is 5.11 Å². The molecule has 2 fully saturated rings. The molecular weight excluding hydrogens is 324 g/mol. The summed E-state index contributed by atoms with van der Waals surface area (Å²) < 4.78 is 0. The third-order valence-corrected chi connectivity index (χ3v) is 8.37. The number of carbonyl (C=O) groups excluding carboxylic acids is 1. The first kappa shape index (κ1) is 17.8. The van der Waals surface area contributed by atoms with E-state index in [0.29, 0.717) is 30.1 Å². The van der Waals surface area contributed by atoms with E-state index >= 15 is 0 Å². The summed E-state index contributed by atoms with van der Waals surface area (Å²) in [6.07, 6.45) is 12.4. The first-order valence-corrected chi connectivity index (χ1v) is 10.1. The van der Waals surface area contributed by atoms with Gasteiger partial charge in [0.05, 0.1) is 0 Å². The number of aliphatic carboxylic acids is 1. The number of rotatable bonds is 3. The Bertz CT molecular complexity index is 730. The van der Waals surface area contributed by atoms with Crippen LogP contribution in [0.4, 0.5) is 0 Å². The van der Waals surface area contributed by atoms with Crippen LogP contribution < -0.4 is 0 Å². The average molecular weight is 354 g/mol. The second-order valence-electron chi connectivity index (χ2n) is 9.52. The highest BCUT2D eigenvalue weighted by Gasteiger charge is 2.58. The molecule has 1 N–H and O–H groups in total. The second kappa shape index (κ2) is 5.94. The molecule has 140 valence electrons. The van der Waals surface area contributed by atoms with E-state index in [1.807, 2.05) is 6.08 Å². The van der Waals surface area contributed by atoms with Crippen molar-refractivity contribution >= 4 is 11.8 Å². The summed E-state index contributed by atoms with van der Waals surface area (Å²) in [5.41, 5.74) is 2.78. The molecule has 4 aliphatic carbocycles. The molecule has 0 bridgehead atoms. The first-order valence-electron chi connectivity index (χ1n) is 10.1. The molecule has 3 heteroatoms. The van der Waals surface area contributed by atoms with E-state index in [9.17, 15) is 9.59 Å². The minimum absolute atomic E-state index is 0.120. The van der Waals surface area contributed by atoms with Gasteiger partial charge >= 0.3 is 5.97 Å². The molecule has 2 saturated carbocycles. The van der Waals surface area contributed by atoms with E-state index in [-0.39, 0.29) is 23.0 Å². The fourth-order valence-corrected chi connectivity index (χ4v) is 6.86. The van der Waals surface area contributed by atoms with Crippen LogP contribution in [0.1, 0.15) is 58.8 Å². The van der Waals surface area contributed by atoms with Gasteiger partial charge in [0.15, 0.2) is 5.78 Å². The molecule has 0 aliphatic heterocycles. The maximum atomic E-state index is 11.9. The Morgan fingerprint density at radius 2 is 2.08 bits per heavy atom. The molecule has 0 spiro atoms. The van der Waals surface area contributed by atoms with Crippen molar-refractivity contribution in [1.82, 2.24) is 0 Å². The number of carboxylic acid groups (broad SMARTS) is 1. The van der Waals surface area contributed by atoms with Gasteiger partial charge in [0.2, 0.25) is 0 Å². The van der Waals surface area contributed by atoms with Crippen molar-refractivity contribution in [2.24, 2.45) is 34.5 Å². The smallest absolute Gasteiger partial charge is 0.303 e. The van der Waals surface area contributed by atoms with Crippen LogP contribution in [0.5, 0.6) is 0 Å². The minimum atomic E-state index is -0.703. The Morgan fingerprint density at radius 1 is 1.31 bits per heavy atom. The van der Waals surface area contributed by atoms with Crippen molar-refractivity contribution < 1.29 is 14.7 Å². The normalized spacial score (nSPS) is 44.2. The molecule has 0 radical (unpaired) electrons. The van der Waals surface area contributed by atoms with Gasteiger partial charge in [0.25, 0.3) is 0 Å². The standard InChI is InChI=1S/C23H30O3/c1-14-12-20-17-5-4-15-13-16(24)8-10-22(15,2)19(17)9-11-23(20,3)18(14)6-7-21(25)26/h4-5,13,17-20H,1,6-12H2,2-3H3,(H,25,26)/t17-,18+,19+,20+,22+,23-/m1/s1. The predicted octanol–water partition coefficient (Wildman–Crippen LogP) is 4.94. The van der Waals surface area contributed by atoms with Gasteiger partial charge in [0.1, 0.15) is 0 Å². The number of carbonyl (C=O) groups is 2. The van der Waals surface area contributed by atoms with E-state index < -0.39 is 5.97 Å². The van der Waals surface area contributed by atoms with E-state index in [1.165, 1.54) is 17.6 Å². The maximum absolute atomic E-state index is 11.9. The molecule has 6 atom stereocenters. The van der Waals surface area contributed by atoms with Crippen LogP contribution in [0.3, 0.4) is 0 Å². The quantitative estimate of drug-likeness (QED) is 0.730. The molecule has 0 unspecified atom stereocenters. The van der Waals surface area contributed by atoms with Crippen molar-refractivity contribution in [3.05, 3.63) is 36.0 Å². The van der Waals surface area contributed by atoms with Crippen LogP contribution in [-0.2, 0) is 9.59 Å². The lowest BCUT2D eigenvalue weighted by atomic mass is 9.48. The van der Waals surface area contributed by atoms with E-state index in [1.54, 1.807) is 0 Å². The average Bonchev–Trinajstić information content (AvgIpc) is 2.83. The van der Waals surface area contributed by atoms with Crippen LogP contribution in [0, 0.1) is 34.5 Å². The van der Waals surface area contributed by atoms with Crippen LogP contribution in [-0.4, -0.2) is 16.9 Å². The molecular formula is C23H30O3. The number of hydrogen-bond donors (Lipinski definition) is 1. The number of allylic oxidation sites excluding steroid dienone is 5. The fraction of sp³-hybridized carbons (Fsp3) is 0.652. The summed E-state index contributed by atoms with van der Waals surface area (Å²) in [6.45, 7) is 9.10. The number of ketones is 1. The molecule has 3 nitrogen and oxygen atoms in total. The third kappa shape index (κ3) is 2.46. The lowest BCUT2D eigenvalue weighted by Gasteiger charge is -2.56. The lowest BCUT2D eigenvalue weighted by molar-refractivity contribution is -0.137. The Labute approximate surface area is 156 Å². The lowest BCUT2D eigenvalue weighted by Crippen LogP contribution is -2.48. The minimum Gasteiger partial charge on any atom is -0.481 e. The Balaban J connectivity index is 1.66. The van der Waals surface area contributed by atoms with Crippen LogP contribution in [0.15, 0.2) is 36.0 Å². The van der Waals surface area contributed by atoms with Crippen molar-refractivity contribution in [2.75, 3.05) is 0 Å². The predicted molar refractivity (Wildman–Crippen MR) is 101 cm³/mol. The zero-order valence-electron chi connectivity index (χ0n) is 16.0. The SMILES string of the molecule is C=C1C[C@H]2[C@@H]3C=CC4=CC(=O)CC[C@]4(C)[C@H]3CC[C@]2(C)[C@H]1CCC(=O)O. The topological polar surface area (TPSA) is 54.4 Å². The number of carboxylic acids is 1. The van der Waals surface area contributed by atoms with E-state index in [0.717, 1.165) is 25.7 Å². The zero-order chi connectivity index (χ0) is 18.7. The highest BCUT2D eigenvalue weighted by molar-refractivity contribution is 5.92. The van der Waals surface area contributed by atoms with Gasteiger partial charge in [-0.3, -0.25) is 9.59 Å². The van der Waals surface area contributed by atoms with Gasteiger partial charge in [-0.1, -0.05) is 38.2 Å². The summed E-state index contributed by atoms with van der Waals surface area (Å²) in [7, 11) is 0. The van der Waals surface area contributed by atoms with E-state index in [2.05, 4.69) is 32.6 Å². The highest BCUT2D eigenvalue weighted by atomic mass is 16.4. The Kier molecular flexibility index (Phi) is 4.05. The van der Waals surface area contributed by atoms with Gasteiger partial charge in [-0.05, 0) is 78.3 Å². The zero-order valence-corrected chi connectivity index (χ0v) is 16.0. The molecule has 0 aromatic rings. The third-order valence-electron chi connectivity index (χ3n) is 8.37. The van der Waals surface area contributed by atoms with Crippen molar-refractivity contribution in [2.45, 2.75) is 58.8 Å². The number of hydrogen-bond acceptors (Lipinski definition) is 2. The summed E-state index contributed by atoms with van der Waals surface area (Å²) >= 11 is 0. The molecule has 0 saturated heterocycles. The molecule has 0 aromatic heterocycles. The maximum Gasteiger partial charge on any atom is 0.303 e. The summed E-state index contributed by atoms with van der Waals surface area (Å²) in [4.78, 5) is 23.0.